The number of carbonyl (C=O) groups excluding carboxylic acids is 1. The first-order valence-corrected chi connectivity index (χ1v) is 5.49. The predicted molar refractivity (Wildman–Crippen MR) is 72.1 cm³/mol. The van der Waals surface area contributed by atoms with Crippen LogP contribution in [0.5, 0.6) is 0 Å². The molecule has 0 aromatic carbocycles. The van der Waals surface area contributed by atoms with Crippen LogP contribution in [0.4, 0.5) is 0 Å². The third kappa shape index (κ3) is 2.70. The Bertz CT molecular complexity index is 696. The third-order valence-electron chi connectivity index (χ3n) is 2.61. The van der Waals surface area contributed by atoms with Gasteiger partial charge in [-0.2, -0.15) is 5.26 Å². The van der Waals surface area contributed by atoms with E-state index in [2.05, 4.69) is 17.2 Å². The minimum Gasteiger partial charge on any atom is -0.403 e. The van der Waals surface area contributed by atoms with Crippen molar-refractivity contribution in [3.05, 3.63) is 22.3 Å². The molecule has 98 valence electrons. The van der Waals surface area contributed by atoms with Crippen LogP contribution in [-0.4, -0.2) is 17.0 Å². The Morgan fingerprint density at radius 3 is 2.79 bits per heavy atom. The summed E-state index contributed by atoms with van der Waals surface area (Å²) in [6.07, 6.45) is 3.59. The van der Waals surface area contributed by atoms with Crippen molar-refractivity contribution >= 4 is 18.3 Å². The van der Waals surface area contributed by atoms with E-state index in [1.54, 1.807) is 24.7 Å². The molecule has 1 atom stereocenters. The second-order valence-electron chi connectivity index (χ2n) is 3.76. The van der Waals surface area contributed by atoms with Crippen molar-refractivity contribution in [2.45, 2.75) is 13.0 Å². The Morgan fingerprint density at radius 1 is 1.63 bits per heavy atom. The number of hydrogen-bond donors (Lipinski definition) is 3. The quantitative estimate of drug-likeness (QED) is 0.421. The van der Waals surface area contributed by atoms with E-state index < -0.39 is 6.04 Å². The van der Waals surface area contributed by atoms with E-state index in [0.717, 1.165) is 0 Å². The highest BCUT2D eigenvalue weighted by molar-refractivity contribution is 5.61. The van der Waals surface area contributed by atoms with Gasteiger partial charge in [-0.05, 0) is 6.92 Å². The van der Waals surface area contributed by atoms with Crippen LogP contribution in [0.1, 0.15) is 12.5 Å². The zero-order chi connectivity index (χ0) is 14.4. The van der Waals surface area contributed by atoms with Crippen molar-refractivity contribution in [2.75, 3.05) is 0 Å². The van der Waals surface area contributed by atoms with Crippen LogP contribution in [0.3, 0.4) is 0 Å². The van der Waals surface area contributed by atoms with Gasteiger partial charge in [0.1, 0.15) is 0 Å². The normalized spacial score (nSPS) is 13.8. The average Bonchev–Trinajstić information content (AvgIpc) is 2.71. The van der Waals surface area contributed by atoms with Gasteiger partial charge in [0, 0.05) is 24.7 Å². The fourth-order valence-corrected chi connectivity index (χ4v) is 1.78. The summed E-state index contributed by atoms with van der Waals surface area (Å²) < 4.78 is 1.76. The van der Waals surface area contributed by atoms with Gasteiger partial charge in [0.2, 0.25) is 6.41 Å². The average molecular weight is 257 g/mol. The molecule has 1 aromatic heterocycles. The van der Waals surface area contributed by atoms with Crippen molar-refractivity contribution in [1.29, 1.82) is 5.26 Å². The fraction of sp³-hybridized carbons (Fsp3) is 0.231. The molecule has 1 heterocycles. The second-order valence-corrected chi connectivity index (χ2v) is 3.76. The topological polar surface area (TPSA) is 110 Å². The van der Waals surface area contributed by atoms with Gasteiger partial charge in [0.25, 0.3) is 0 Å². The number of amides is 1. The molecule has 0 aliphatic heterocycles. The summed E-state index contributed by atoms with van der Waals surface area (Å²) in [4.78, 5) is 10.5. The molecule has 6 heteroatoms. The summed E-state index contributed by atoms with van der Waals surface area (Å²) in [5, 5.41) is 12.6. The molecular weight excluding hydrogens is 242 g/mol. The number of nitriles is 1. The lowest BCUT2D eigenvalue weighted by atomic mass is 10.1. The van der Waals surface area contributed by atoms with Crippen LogP contribution in [0.25, 0.3) is 11.9 Å². The molecule has 6 nitrogen and oxygen atoms in total. The lowest BCUT2D eigenvalue weighted by molar-refractivity contribution is -0.109. The van der Waals surface area contributed by atoms with Gasteiger partial charge in [-0.15, -0.1) is 5.92 Å². The number of hydrogen-bond acceptors (Lipinski definition) is 4. The fourth-order valence-electron chi connectivity index (χ4n) is 1.78. The molecule has 1 rings (SSSR count). The van der Waals surface area contributed by atoms with Crippen molar-refractivity contribution in [1.82, 2.24) is 9.88 Å². The zero-order valence-electron chi connectivity index (χ0n) is 10.8. The van der Waals surface area contributed by atoms with Crippen molar-refractivity contribution in [3.63, 3.8) is 0 Å². The molecule has 19 heavy (non-hydrogen) atoms. The molecule has 5 N–H and O–H groups in total. The summed E-state index contributed by atoms with van der Waals surface area (Å²) in [6, 6.07) is 0.994. The summed E-state index contributed by atoms with van der Waals surface area (Å²) in [5.74, 6) is 5.67. The molecule has 0 aliphatic rings. The van der Waals surface area contributed by atoms with E-state index >= 15 is 0 Å². The zero-order valence-corrected chi connectivity index (χ0v) is 10.8. The van der Waals surface area contributed by atoms with E-state index in [1.807, 2.05) is 6.07 Å². The molecule has 0 aliphatic carbocycles. The van der Waals surface area contributed by atoms with Crippen molar-refractivity contribution in [2.24, 2.45) is 18.5 Å². The number of nitrogens with zero attached hydrogens (tertiary/aromatic N) is 2. The van der Waals surface area contributed by atoms with Crippen LogP contribution in [0, 0.1) is 23.2 Å². The molecule has 1 amide bonds. The maximum Gasteiger partial charge on any atom is 0.208 e. The van der Waals surface area contributed by atoms with Gasteiger partial charge in [0.05, 0.1) is 22.7 Å². The first kappa shape index (κ1) is 14.2. The summed E-state index contributed by atoms with van der Waals surface area (Å²) in [7, 11) is 1.80. The highest BCUT2D eigenvalue weighted by atomic mass is 16.1. The molecule has 0 radical (unpaired) electrons. The monoisotopic (exact) mass is 257 g/mol. The molecular formula is C13H15N5O. The molecule has 0 spiro atoms. The van der Waals surface area contributed by atoms with Crippen LogP contribution in [0.15, 0.2) is 6.20 Å². The standard InChI is InChI=1S/C13H15N5O/c1-3-4-9-7-18(2)11(6-15)12(9)13(16)10(5-14)17-8-19/h6-8,10H,15-16H2,1-2H3,(H,17,19)/b11-6+,13-12-. The van der Waals surface area contributed by atoms with Crippen molar-refractivity contribution < 1.29 is 4.79 Å². The maximum atomic E-state index is 10.5. The van der Waals surface area contributed by atoms with Gasteiger partial charge in [-0.3, -0.25) is 4.79 Å². The van der Waals surface area contributed by atoms with E-state index in [1.165, 1.54) is 6.20 Å². The number of nitrogens with one attached hydrogen (secondary N) is 1. The highest BCUT2D eigenvalue weighted by Gasteiger charge is 2.13. The Labute approximate surface area is 111 Å². The number of aryl methyl sites for hydroxylation is 1. The van der Waals surface area contributed by atoms with E-state index in [9.17, 15) is 4.79 Å². The number of aromatic nitrogens is 1. The summed E-state index contributed by atoms with van der Waals surface area (Å²) >= 11 is 0. The molecule has 0 fully saturated rings. The van der Waals surface area contributed by atoms with Crippen LogP contribution < -0.4 is 27.4 Å². The van der Waals surface area contributed by atoms with Crippen LogP contribution in [-0.2, 0) is 11.8 Å². The first-order valence-electron chi connectivity index (χ1n) is 5.49. The van der Waals surface area contributed by atoms with Crippen LogP contribution in [0.2, 0.25) is 0 Å². The summed E-state index contributed by atoms with van der Waals surface area (Å²) in [6.45, 7) is 1.70. The SMILES string of the molecule is CC#Cc1cn(C)c(=C/N)/c1=C(\N)C(C#N)NC=O. The van der Waals surface area contributed by atoms with Gasteiger partial charge >= 0.3 is 0 Å². The van der Waals surface area contributed by atoms with Gasteiger partial charge < -0.3 is 21.4 Å². The highest BCUT2D eigenvalue weighted by Crippen LogP contribution is 1.94. The Balaban J connectivity index is 3.76. The Morgan fingerprint density at radius 2 is 2.32 bits per heavy atom. The van der Waals surface area contributed by atoms with Crippen molar-refractivity contribution in [3.8, 4) is 17.9 Å². The largest absolute Gasteiger partial charge is 0.403 e. The number of rotatable bonds is 3. The first-order chi connectivity index (χ1) is 9.10. The number of nitrogens with two attached hydrogens (primary N) is 2. The predicted octanol–water partition coefficient (Wildman–Crippen LogP) is -2.20. The summed E-state index contributed by atoms with van der Waals surface area (Å²) in [5.41, 5.74) is 12.4. The third-order valence-corrected chi connectivity index (χ3v) is 2.61. The Kier molecular flexibility index (Phi) is 4.62. The van der Waals surface area contributed by atoms with E-state index in [-0.39, 0.29) is 5.70 Å². The van der Waals surface area contributed by atoms with Gasteiger partial charge in [-0.25, -0.2) is 0 Å². The Hall–Kier alpha value is -2.86. The van der Waals surface area contributed by atoms with E-state index in [4.69, 9.17) is 16.7 Å². The molecule has 0 saturated heterocycles. The smallest absolute Gasteiger partial charge is 0.208 e. The second kappa shape index (κ2) is 6.18. The molecule has 1 aromatic rings. The molecule has 1 unspecified atom stereocenters. The number of carbonyl (C=O) groups is 1. The lowest BCUT2D eigenvalue weighted by Gasteiger charge is -2.07. The lowest BCUT2D eigenvalue weighted by Crippen LogP contribution is -2.41. The molecule has 0 saturated carbocycles. The maximum absolute atomic E-state index is 10.5. The minimum absolute atomic E-state index is 0.213. The van der Waals surface area contributed by atoms with E-state index in [0.29, 0.717) is 22.5 Å². The van der Waals surface area contributed by atoms with Crippen LogP contribution >= 0.6 is 0 Å². The molecule has 0 bridgehead atoms. The van der Waals surface area contributed by atoms with Gasteiger partial charge in [-0.1, -0.05) is 5.92 Å². The minimum atomic E-state index is -0.920. The van der Waals surface area contributed by atoms with Gasteiger partial charge in [0.15, 0.2) is 6.04 Å².